The molecular formula is C22H40N4O2. The van der Waals surface area contributed by atoms with Crippen molar-refractivity contribution >= 4 is 11.8 Å². The molecule has 2 amide bonds. The maximum Gasteiger partial charge on any atom is 0.234 e. The van der Waals surface area contributed by atoms with E-state index in [-0.39, 0.29) is 17.2 Å². The lowest BCUT2D eigenvalue weighted by Crippen LogP contribution is -2.53. The molecule has 6 nitrogen and oxygen atoms in total. The standard InChI is InChI=1S/C22H40N4O2/c1-18-5-7-19(8-6-18)24-20(27)16-25-11-13-26(14-12-25)21(28)15-22(17-23)9-3-2-4-10-22/h18-19H,2-17,23H2,1H3,(H,24,27). The normalized spacial score (nSPS) is 28.7. The van der Waals surface area contributed by atoms with Gasteiger partial charge in [0.05, 0.1) is 6.54 Å². The Morgan fingerprint density at radius 2 is 1.64 bits per heavy atom. The number of hydrogen-bond acceptors (Lipinski definition) is 4. The van der Waals surface area contributed by atoms with E-state index >= 15 is 0 Å². The molecule has 0 bridgehead atoms. The second kappa shape index (κ2) is 10.1. The van der Waals surface area contributed by atoms with E-state index in [1.807, 2.05) is 4.90 Å². The minimum atomic E-state index is 0.0316. The van der Waals surface area contributed by atoms with Crippen LogP contribution in [0, 0.1) is 11.3 Å². The monoisotopic (exact) mass is 392 g/mol. The lowest BCUT2D eigenvalue weighted by Gasteiger charge is -2.39. The second-order valence-electron chi connectivity index (χ2n) is 9.62. The molecule has 3 rings (SSSR count). The predicted octanol–water partition coefficient (Wildman–Crippen LogP) is 2.12. The van der Waals surface area contributed by atoms with Crippen molar-refractivity contribution < 1.29 is 9.59 Å². The lowest BCUT2D eigenvalue weighted by atomic mass is 9.71. The van der Waals surface area contributed by atoms with Gasteiger partial charge < -0.3 is 16.0 Å². The highest BCUT2D eigenvalue weighted by Crippen LogP contribution is 2.38. The van der Waals surface area contributed by atoms with Gasteiger partial charge in [0.2, 0.25) is 11.8 Å². The topological polar surface area (TPSA) is 78.7 Å². The number of nitrogens with two attached hydrogens (primary N) is 1. The van der Waals surface area contributed by atoms with Gasteiger partial charge in [-0.05, 0) is 56.4 Å². The van der Waals surface area contributed by atoms with Crippen LogP contribution >= 0.6 is 0 Å². The molecule has 3 aliphatic rings. The molecule has 160 valence electrons. The molecule has 3 fully saturated rings. The Bertz CT molecular complexity index is 517. The van der Waals surface area contributed by atoms with Gasteiger partial charge in [0.1, 0.15) is 0 Å². The third kappa shape index (κ3) is 5.93. The van der Waals surface area contributed by atoms with E-state index < -0.39 is 0 Å². The van der Waals surface area contributed by atoms with E-state index in [0.717, 1.165) is 57.8 Å². The highest BCUT2D eigenvalue weighted by atomic mass is 16.2. The van der Waals surface area contributed by atoms with Crippen LogP contribution in [-0.2, 0) is 9.59 Å². The van der Waals surface area contributed by atoms with E-state index in [0.29, 0.717) is 25.6 Å². The van der Waals surface area contributed by atoms with Crippen molar-refractivity contribution in [2.24, 2.45) is 17.1 Å². The van der Waals surface area contributed by atoms with Crippen LogP contribution < -0.4 is 11.1 Å². The molecule has 1 aliphatic heterocycles. The van der Waals surface area contributed by atoms with Crippen molar-refractivity contribution in [3.63, 3.8) is 0 Å². The molecule has 0 radical (unpaired) electrons. The van der Waals surface area contributed by atoms with Crippen LogP contribution in [0.1, 0.15) is 71.1 Å². The van der Waals surface area contributed by atoms with Crippen molar-refractivity contribution in [2.45, 2.75) is 77.2 Å². The summed E-state index contributed by atoms with van der Waals surface area (Å²) in [6, 6.07) is 0.356. The molecule has 0 aromatic rings. The van der Waals surface area contributed by atoms with E-state index in [1.165, 1.54) is 32.1 Å². The summed E-state index contributed by atoms with van der Waals surface area (Å²) in [4.78, 5) is 29.4. The average Bonchev–Trinajstić information content (AvgIpc) is 2.71. The SMILES string of the molecule is CC1CCC(NC(=O)CN2CCN(C(=O)CC3(CN)CCCCC3)CC2)CC1. The summed E-state index contributed by atoms with van der Waals surface area (Å²) in [5.74, 6) is 1.20. The zero-order valence-corrected chi connectivity index (χ0v) is 17.8. The number of nitrogens with zero attached hydrogens (tertiary/aromatic N) is 2. The molecule has 6 heteroatoms. The first-order valence-electron chi connectivity index (χ1n) is 11.5. The summed E-state index contributed by atoms with van der Waals surface area (Å²) >= 11 is 0. The van der Waals surface area contributed by atoms with Crippen LogP contribution in [0.25, 0.3) is 0 Å². The number of rotatable bonds is 6. The molecule has 2 saturated carbocycles. The summed E-state index contributed by atoms with van der Waals surface area (Å²) in [7, 11) is 0. The molecule has 0 unspecified atom stereocenters. The fourth-order valence-corrected chi connectivity index (χ4v) is 5.22. The number of piperazine rings is 1. The Balaban J connectivity index is 1.37. The van der Waals surface area contributed by atoms with Crippen molar-refractivity contribution in [1.82, 2.24) is 15.1 Å². The van der Waals surface area contributed by atoms with Crippen LogP contribution in [0.3, 0.4) is 0 Å². The van der Waals surface area contributed by atoms with E-state index in [1.54, 1.807) is 0 Å². The van der Waals surface area contributed by atoms with Gasteiger partial charge in [-0.3, -0.25) is 14.5 Å². The van der Waals surface area contributed by atoms with Crippen molar-refractivity contribution in [3.8, 4) is 0 Å². The zero-order chi connectivity index (χ0) is 20.0. The Kier molecular flexibility index (Phi) is 7.75. The quantitative estimate of drug-likeness (QED) is 0.726. The van der Waals surface area contributed by atoms with Gasteiger partial charge in [0.25, 0.3) is 0 Å². The van der Waals surface area contributed by atoms with Crippen LogP contribution in [0.15, 0.2) is 0 Å². The van der Waals surface area contributed by atoms with Crippen LogP contribution in [-0.4, -0.2) is 66.9 Å². The molecule has 28 heavy (non-hydrogen) atoms. The molecule has 3 N–H and O–H groups in total. The maximum atomic E-state index is 12.8. The first-order valence-corrected chi connectivity index (χ1v) is 11.5. The number of hydrogen-bond donors (Lipinski definition) is 2. The zero-order valence-electron chi connectivity index (χ0n) is 17.8. The van der Waals surface area contributed by atoms with Gasteiger partial charge in [-0.1, -0.05) is 26.2 Å². The minimum Gasteiger partial charge on any atom is -0.352 e. The smallest absolute Gasteiger partial charge is 0.234 e. The Labute approximate surface area is 170 Å². The number of carbonyl (C=O) groups is 2. The van der Waals surface area contributed by atoms with Crippen LogP contribution in [0.4, 0.5) is 0 Å². The summed E-state index contributed by atoms with van der Waals surface area (Å²) in [5, 5.41) is 3.21. The highest BCUT2D eigenvalue weighted by molar-refractivity contribution is 5.79. The fourth-order valence-electron chi connectivity index (χ4n) is 5.22. The molecule has 0 spiro atoms. The number of amides is 2. The molecule has 1 saturated heterocycles. The minimum absolute atomic E-state index is 0.0316. The number of nitrogens with one attached hydrogen (secondary N) is 1. The predicted molar refractivity (Wildman–Crippen MR) is 112 cm³/mol. The Hall–Kier alpha value is -1.14. The average molecular weight is 393 g/mol. The summed E-state index contributed by atoms with van der Waals surface area (Å²) in [6.45, 7) is 6.41. The van der Waals surface area contributed by atoms with Crippen LogP contribution in [0.2, 0.25) is 0 Å². The van der Waals surface area contributed by atoms with E-state index in [2.05, 4.69) is 17.1 Å². The molecule has 2 aliphatic carbocycles. The molecular weight excluding hydrogens is 352 g/mol. The molecule has 0 aromatic carbocycles. The third-order valence-corrected chi connectivity index (χ3v) is 7.35. The first kappa shape index (κ1) is 21.6. The van der Waals surface area contributed by atoms with Gasteiger partial charge in [0.15, 0.2) is 0 Å². The van der Waals surface area contributed by atoms with Gasteiger partial charge in [0, 0.05) is 38.6 Å². The van der Waals surface area contributed by atoms with E-state index in [4.69, 9.17) is 5.73 Å². The fraction of sp³-hybridized carbons (Fsp3) is 0.909. The van der Waals surface area contributed by atoms with Crippen LogP contribution in [0.5, 0.6) is 0 Å². The largest absolute Gasteiger partial charge is 0.352 e. The van der Waals surface area contributed by atoms with Crippen molar-refractivity contribution in [2.75, 3.05) is 39.3 Å². The molecule has 1 heterocycles. The van der Waals surface area contributed by atoms with E-state index in [9.17, 15) is 9.59 Å². The lowest BCUT2D eigenvalue weighted by molar-refractivity contribution is -0.136. The molecule has 0 atom stereocenters. The first-order chi connectivity index (χ1) is 13.5. The second-order valence-corrected chi connectivity index (χ2v) is 9.62. The van der Waals surface area contributed by atoms with Crippen molar-refractivity contribution in [1.29, 1.82) is 0 Å². The van der Waals surface area contributed by atoms with Gasteiger partial charge >= 0.3 is 0 Å². The maximum absolute atomic E-state index is 12.8. The van der Waals surface area contributed by atoms with Crippen molar-refractivity contribution in [3.05, 3.63) is 0 Å². The molecule has 0 aromatic heterocycles. The summed E-state index contributed by atoms with van der Waals surface area (Å²) in [6.07, 6.45) is 11.1. The Morgan fingerprint density at radius 3 is 2.25 bits per heavy atom. The summed E-state index contributed by atoms with van der Waals surface area (Å²) in [5.41, 5.74) is 6.09. The van der Waals surface area contributed by atoms with Gasteiger partial charge in [-0.2, -0.15) is 0 Å². The third-order valence-electron chi connectivity index (χ3n) is 7.35. The Morgan fingerprint density at radius 1 is 1.00 bits per heavy atom. The van der Waals surface area contributed by atoms with Gasteiger partial charge in [-0.25, -0.2) is 0 Å². The summed E-state index contributed by atoms with van der Waals surface area (Å²) < 4.78 is 0. The van der Waals surface area contributed by atoms with Gasteiger partial charge in [-0.15, -0.1) is 0 Å². The number of carbonyl (C=O) groups excluding carboxylic acids is 2. The highest BCUT2D eigenvalue weighted by Gasteiger charge is 2.35.